The number of nitrogens with zero attached hydrogens (tertiary/aromatic N) is 3. The fourth-order valence-electron chi connectivity index (χ4n) is 8.09. The molecule has 3 amide bonds. The first-order chi connectivity index (χ1) is 24.8. The number of cyclic esters (lactones) is 1. The number of benzene rings is 2. The molecule has 2 aromatic carbocycles. The molecule has 4 heterocycles. The molecule has 4 aliphatic rings. The van der Waals surface area contributed by atoms with Crippen molar-refractivity contribution in [3.05, 3.63) is 84.5 Å². The number of unbranched alkanes of at least 4 members (excludes halogenated alkanes) is 3. The van der Waals surface area contributed by atoms with Gasteiger partial charge in [-0.15, -0.1) is 0 Å². The van der Waals surface area contributed by atoms with Crippen molar-refractivity contribution < 1.29 is 33.8 Å². The minimum Gasteiger partial charge on any atom is -0.463 e. The summed E-state index contributed by atoms with van der Waals surface area (Å²) in [4.78, 5) is 62.2. The maximum Gasteiger partial charge on any atom is 0.306 e. The maximum absolute atomic E-state index is 14.9. The van der Waals surface area contributed by atoms with Crippen molar-refractivity contribution in [1.29, 1.82) is 0 Å². The molecular formula is C40H50N4O7. The Morgan fingerprint density at radius 3 is 2.39 bits per heavy atom. The van der Waals surface area contributed by atoms with Crippen LogP contribution in [-0.2, 0) is 28.7 Å². The molecule has 0 aromatic heterocycles. The van der Waals surface area contributed by atoms with E-state index in [4.69, 9.17) is 9.47 Å². The van der Waals surface area contributed by atoms with Crippen LogP contribution in [0.15, 0.2) is 78.9 Å². The van der Waals surface area contributed by atoms with E-state index in [0.717, 1.165) is 37.2 Å². The molecule has 0 aliphatic carbocycles. The van der Waals surface area contributed by atoms with Gasteiger partial charge in [0.25, 0.3) is 5.91 Å². The highest BCUT2D eigenvalue weighted by molar-refractivity contribution is 6.05. The normalized spacial score (nSPS) is 28.5. The molecule has 6 rings (SSSR count). The van der Waals surface area contributed by atoms with Gasteiger partial charge in [0, 0.05) is 50.6 Å². The van der Waals surface area contributed by atoms with Gasteiger partial charge in [-0.3, -0.25) is 19.2 Å². The van der Waals surface area contributed by atoms with Crippen LogP contribution in [0.3, 0.4) is 0 Å². The number of hydrogen-bond acceptors (Lipinski definition) is 8. The Balaban J connectivity index is 1.38. The van der Waals surface area contributed by atoms with E-state index in [1.165, 1.54) is 0 Å². The van der Waals surface area contributed by atoms with E-state index in [2.05, 4.69) is 24.1 Å². The number of likely N-dealkylation sites (tertiary alicyclic amines) is 1. The number of esters is 1. The second-order valence-electron chi connectivity index (χ2n) is 13.7. The predicted octanol–water partition coefficient (Wildman–Crippen LogP) is 4.32. The van der Waals surface area contributed by atoms with Crippen LogP contribution in [-0.4, -0.2) is 90.8 Å². The lowest BCUT2D eigenvalue weighted by atomic mass is 9.77. The SMILES string of the molecule is CCN(CC)c1ccc(N2CC=C[C@@]34O[C@H]5/C=C\CCC(=O)OC[C@H](c6ccccc6)NC(=O)[C@H]5[C@@H]3C(=O)N(CCCCCCO)[C@H]4C2=O)cc1. The first kappa shape index (κ1) is 36.3. The summed E-state index contributed by atoms with van der Waals surface area (Å²) in [7, 11) is 0. The third-order valence-corrected chi connectivity index (χ3v) is 10.7. The molecule has 2 saturated heterocycles. The minimum absolute atomic E-state index is 0.0523. The Labute approximate surface area is 300 Å². The quantitative estimate of drug-likeness (QED) is 0.202. The van der Waals surface area contributed by atoms with E-state index in [1.54, 1.807) is 22.0 Å². The summed E-state index contributed by atoms with van der Waals surface area (Å²) in [5, 5.41) is 12.4. The lowest BCUT2D eigenvalue weighted by molar-refractivity contribution is -0.146. The van der Waals surface area contributed by atoms with Crippen molar-refractivity contribution in [2.24, 2.45) is 11.8 Å². The Hall–Kier alpha value is -4.48. The average Bonchev–Trinajstić information content (AvgIpc) is 3.52. The van der Waals surface area contributed by atoms with E-state index >= 15 is 0 Å². The third-order valence-electron chi connectivity index (χ3n) is 10.7. The summed E-state index contributed by atoms with van der Waals surface area (Å²) in [5.41, 5.74) is 1.16. The van der Waals surface area contributed by atoms with Crippen LogP contribution in [0.5, 0.6) is 0 Å². The number of carbonyl (C=O) groups excluding carboxylic acids is 4. The second-order valence-corrected chi connectivity index (χ2v) is 13.7. The molecule has 11 nitrogen and oxygen atoms in total. The minimum atomic E-state index is -1.39. The topological polar surface area (TPSA) is 129 Å². The second kappa shape index (κ2) is 16.2. The van der Waals surface area contributed by atoms with Gasteiger partial charge in [0.05, 0.1) is 24.0 Å². The van der Waals surface area contributed by atoms with Crippen molar-refractivity contribution in [3.63, 3.8) is 0 Å². The highest BCUT2D eigenvalue weighted by Gasteiger charge is 2.71. The van der Waals surface area contributed by atoms with E-state index in [0.29, 0.717) is 31.5 Å². The molecule has 2 fully saturated rings. The van der Waals surface area contributed by atoms with Gasteiger partial charge in [0.2, 0.25) is 11.8 Å². The van der Waals surface area contributed by atoms with Gasteiger partial charge in [0.15, 0.2) is 0 Å². The molecule has 272 valence electrons. The van der Waals surface area contributed by atoms with Crippen LogP contribution >= 0.6 is 0 Å². The number of allylic oxidation sites excluding steroid dienone is 1. The zero-order valence-corrected chi connectivity index (χ0v) is 29.6. The number of nitrogens with one attached hydrogen (secondary N) is 1. The largest absolute Gasteiger partial charge is 0.463 e. The van der Waals surface area contributed by atoms with Crippen LogP contribution in [0.4, 0.5) is 11.4 Å². The molecular weight excluding hydrogens is 648 g/mol. The smallest absolute Gasteiger partial charge is 0.306 e. The van der Waals surface area contributed by atoms with Gasteiger partial charge in [-0.25, -0.2) is 0 Å². The molecule has 0 radical (unpaired) electrons. The van der Waals surface area contributed by atoms with Gasteiger partial charge in [0.1, 0.15) is 18.2 Å². The molecule has 0 unspecified atom stereocenters. The molecule has 51 heavy (non-hydrogen) atoms. The standard InChI is InChI=1S/C40H50N4O7/c1-3-42(4-2)29-19-21-30(22-20-29)43-25-14-23-40-35(38(48)44(36(40)39(43)49)24-12-5-6-13-26-45)34-32(51-40)17-10-11-18-33(46)50-27-31(41-37(34)47)28-15-8-7-9-16-28/h7-10,14-17,19-23,31-32,34-36,45H,3-6,11-13,18,24-27H2,1-2H3,(H,41,47)/b17-10-/t31-,32+,34-,35-,36+,40-/m1/s1. The number of rotatable bonds is 11. The van der Waals surface area contributed by atoms with Crippen LogP contribution in [0.1, 0.15) is 64.0 Å². The molecule has 0 saturated carbocycles. The van der Waals surface area contributed by atoms with Gasteiger partial charge in [-0.05, 0) is 62.9 Å². The summed E-state index contributed by atoms with van der Waals surface area (Å²) < 4.78 is 12.4. The predicted molar refractivity (Wildman–Crippen MR) is 194 cm³/mol. The van der Waals surface area contributed by atoms with Crippen LogP contribution in [0.25, 0.3) is 0 Å². The Bertz CT molecular complexity index is 1610. The molecule has 2 aromatic rings. The lowest BCUT2D eigenvalue weighted by Crippen LogP contribution is -2.55. The molecule has 11 heteroatoms. The summed E-state index contributed by atoms with van der Waals surface area (Å²) in [5.74, 6) is -3.21. The number of ether oxygens (including phenoxy) is 2. The number of aliphatic hydroxyl groups is 1. The third kappa shape index (κ3) is 7.32. The van der Waals surface area contributed by atoms with Crippen molar-refractivity contribution >= 4 is 35.1 Å². The van der Waals surface area contributed by atoms with Crippen molar-refractivity contribution in [1.82, 2.24) is 10.2 Å². The van der Waals surface area contributed by atoms with Crippen molar-refractivity contribution in [3.8, 4) is 0 Å². The number of carbonyl (C=O) groups is 4. The molecule has 6 atom stereocenters. The Morgan fingerprint density at radius 2 is 1.67 bits per heavy atom. The van der Waals surface area contributed by atoms with Gasteiger partial charge in [-0.2, -0.15) is 0 Å². The number of anilines is 2. The van der Waals surface area contributed by atoms with Crippen molar-refractivity contribution in [2.45, 2.75) is 76.2 Å². The number of aliphatic hydroxyl groups excluding tert-OH is 1. The highest BCUT2D eigenvalue weighted by Crippen LogP contribution is 2.53. The van der Waals surface area contributed by atoms with Crippen LogP contribution < -0.4 is 15.1 Å². The van der Waals surface area contributed by atoms with Gasteiger partial charge < -0.3 is 34.6 Å². The zero-order valence-electron chi connectivity index (χ0n) is 29.6. The fraction of sp³-hybridized carbons (Fsp3) is 0.500. The number of fused-ring (bicyclic) bond motifs is 2. The van der Waals surface area contributed by atoms with E-state index in [9.17, 15) is 24.3 Å². The summed E-state index contributed by atoms with van der Waals surface area (Å²) >= 11 is 0. The Morgan fingerprint density at radius 1 is 0.922 bits per heavy atom. The van der Waals surface area contributed by atoms with E-state index in [1.807, 2.05) is 66.7 Å². The van der Waals surface area contributed by atoms with Crippen LogP contribution in [0.2, 0.25) is 0 Å². The van der Waals surface area contributed by atoms with E-state index < -0.39 is 41.5 Å². The lowest BCUT2D eigenvalue weighted by Gasteiger charge is -2.35. The first-order valence-electron chi connectivity index (χ1n) is 18.4. The van der Waals surface area contributed by atoms with Gasteiger partial charge >= 0.3 is 5.97 Å². The summed E-state index contributed by atoms with van der Waals surface area (Å²) in [6.45, 7) is 6.58. The number of amides is 3. The van der Waals surface area contributed by atoms with E-state index in [-0.39, 0.29) is 44.0 Å². The van der Waals surface area contributed by atoms with Gasteiger partial charge in [-0.1, -0.05) is 67.5 Å². The number of hydrogen-bond donors (Lipinski definition) is 2. The van der Waals surface area contributed by atoms with Crippen molar-refractivity contribution in [2.75, 3.05) is 49.2 Å². The Kier molecular flexibility index (Phi) is 11.6. The average molecular weight is 699 g/mol. The summed E-state index contributed by atoms with van der Waals surface area (Å²) in [6.07, 6.45) is 9.91. The first-order valence-corrected chi connectivity index (χ1v) is 18.4. The molecule has 1 spiro atoms. The molecule has 4 aliphatic heterocycles. The molecule has 2 N–H and O–H groups in total. The summed E-state index contributed by atoms with van der Waals surface area (Å²) in [6, 6.07) is 15.6. The highest BCUT2D eigenvalue weighted by atomic mass is 16.5. The maximum atomic E-state index is 14.9. The van der Waals surface area contributed by atoms with Crippen LogP contribution in [0, 0.1) is 11.8 Å². The molecule has 0 bridgehead atoms. The monoisotopic (exact) mass is 698 g/mol. The fourth-order valence-corrected chi connectivity index (χ4v) is 8.09. The zero-order chi connectivity index (χ0) is 36.0.